The fourth-order valence-corrected chi connectivity index (χ4v) is 4.83. The Balaban J connectivity index is 1.36. The van der Waals surface area contributed by atoms with Crippen LogP contribution in [-0.4, -0.2) is 64.1 Å². The van der Waals surface area contributed by atoms with Gasteiger partial charge in [-0.3, -0.25) is 19.1 Å². The molecule has 9 heteroatoms. The fraction of sp³-hybridized carbons (Fsp3) is 0.323. The van der Waals surface area contributed by atoms with Gasteiger partial charge in [0.1, 0.15) is 17.3 Å². The first-order chi connectivity index (χ1) is 19.3. The van der Waals surface area contributed by atoms with Crippen LogP contribution in [0.4, 0.5) is 5.69 Å². The number of nitrogen functional groups attached to an aromatic ring is 1. The van der Waals surface area contributed by atoms with Gasteiger partial charge in [-0.2, -0.15) is 0 Å². The molecule has 2 N–H and O–H groups in total. The molecule has 0 aliphatic carbocycles. The molecule has 0 saturated carbocycles. The Hall–Kier alpha value is -4.37. The lowest BCUT2D eigenvalue weighted by Crippen LogP contribution is -2.50. The number of ether oxygens (including phenoxy) is 2. The van der Waals surface area contributed by atoms with Gasteiger partial charge in [-0.1, -0.05) is 29.8 Å². The van der Waals surface area contributed by atoms with E-state index in [1.54, 1.807) is 22.8 Å². The van der Waals surface area contributed by atoms with Crippen molar-refractivity contribution in [2.45, 2.75) is 33.4 Å². The zero-order chi connectivity index (χ0) is 28.2. The van der Waals surface area contributed by atoms with Gasteiger partial charge in [-0.15, -0.1) is 0 Å². The largest absolute Gasteiger partial charge is 0.489 e. The molecule has 5 rings (SSSR count). The molecule has 0 atom stereocenters. The summed E-state index contributed by atoms with van der Waals surface area (Å²) in [6.45, 7) is 8.78. The topological polar surface area (TPSA) is 103 Å². The van der Waals surface area contributed by atoms with Gasteiger partial charge in [0.2, 0.25) is 0 Å². The molecule has 1 aliphatic rings. The number of benzene rings is 3. The summed E-state index contributed by atoms with van der Waals surface area (Å²) in [7, 11) is 0. The van der Waals surface area contributed by atoms with Crippen molar-refractivity contribution in [3.05, 3.63) is 88.5 Å². The second-order valence-electron chi connectivity index (χ2n) is 10.3. The number of aromatic nitrogens is 2. The first-order valence-electron chi connectivity index (χ1n) is 13.6. The van der Waals surface area contributed by atoms with Crippen LogP contribution in [0.2, 0.25) is 0 Å². The summed E-state index contributed by atoms with van der Waals surface area (Å²) >= 11 is 0. The molecule has 1 aliphatic heterocycles. The highest BCUT2D eigenvalue weighted by molar-refractivity contribution is 5.81. The Morgan fingerprint density at radius 2 is 1.73 bits per heavy atom. The molecule has 0 spiro atoms. The van der Waals surface area contributed by atoms with Crippen molar-refractivity contribution in [1.29, 1.82) is 0 Å². The Labute approximate surface area is 233 Å². The Kier molecular flexibility index (Phi) is 8.02. The predicted molar refractivity (Wildman–Crippen MR) is 156 cm³/mol. The highest BCUT2D eigenvalue weighted by atomic mass is 16.5. The highest BCUT2D eigenvalue weighted by Gasteiger charge is 2.24. The number of piperazine rings is 1. The average Bonchev–Trinajstić information content (AvgIpc) is 2.94. The number of amides is 1. The molecule has 1 amide bonds. The van der Waals surface area contributed by atoms with Crippen LogP contribution in [0.1, 0.15) is 25.2 Å². The SMILES string of the molecule is Cc1ccc(OCC(=O)N2CCN(Cc3nc4ccc(N)cc4c(=O)n3-c3ccccc3OC(C)C)CC2)cc1. The van der Waals surface area contributed by atoms with Crippen LogP contribution in [0.3, 0.4) is 0 Å². The van der Waals surface area contributed by atoms with Gasteiger partial charge in [0.15, 0.2) is 6.61 Å². The van der Waals surface area contributed by atoms with Crippen LogP contribution in [0.15, 0.2) is 71.5 Å². The Morgan fingerprint density at radius 3 is 2.45 bits per heavy atom. The lowest BCUT2D eigenvalue weighted by Gasteiger charge is -2.34. The molecule has 2 heterocycles. The van der Waals surface area contributed by atoms with E-state index in [0.717, 1.165) is 5.56 Å². The first kappa shape index (κ1) is 27.2. The van der Waals surface area contributed by atoms with E-state index >= 15 is 0 Å². The number of hydrogen-bond donors (Lipinski definition) is 1. The average molecular weight is 542 g/mol. The first-order valence-corrected chi connectivity index (χ1v) is 13.6. The van der Waals surface area contributed by atoms with E-state index in [1.807, 2.05) is 74.2 Å². The molecule has 4 aromatic rings. The summed E-state index contributed by atoms with van der Waals surface area (Å²) in [5.41, 5.74) is 8.68. The van der Waals surface area contributed by atoms with E-state index in [4.69, 9.17) is 20.2 Å². The molecule has 9 nitrogen and oxygen atoms in total. The summed E-state index contributed by atoms with van der Waals surface area (Å²) in [5.74, 6) is 1.85. The van der Waals surface area contributed by atoms with E-state index in [9.17, 15) is 9.59 Å². The Morgan fingerprint density at radius 1 is 1.00 bits per heavy atom. The maximum atomic E-state index is 13.9. The summed E-state index contributed by atoms with van der Waals surface area (Å²) in [6, 6.07) is 20.4. The molecular formula is C31H35N5O4. The van der Waals surface area contributed by atoms with E-state index in [0.29, 0.717) is 72.3 Å². The van der Waals surface area contributed by atoms with Crippen LogP contribution >= 0.6 is 0 Å². The number of fused-ring (bicyclic) bond motifs is 1. The predicted octanol–water partition coefficient (Wildman–Crippen LogP) is 3.79. The van der Waals surface area contributed by atoms with Crippen molar-refractivity contribution < 1.29 is 14.3 Å². The second-order valence-corrected chi connectivity index (χ2v) is 10.3. The number of rotatable bonds is 8. The molecule has 1 saturated heterocycles. The van der Waals surface area contributed by atoms with Crippen molar-refractivity contribution in [3.8, 4) is 17.2 Å². The van der Waals surface area contributed by atoms with Crippen LogP contribution in [0.5, 0.6) is 11.5 Å². The minimum Gasteiger partial charge on any atom is -0.489 e. The molecule has 40 heavy (non-hydrogen) atoms. The minimum absolute atomic E-state index is 0.00456. The number of anilines is 1. The smallest absolute Gasteiger partial charge is 0.266 e. The maximum Gasteiger partial charge on any atom is 0.266 e. The zero-order valence-electron chi connectivity index (χ0n) is 23.2. The van der Waals surface area contributed by atoms with Gasteiger partial charge >= 0.3 is 0 Å². The second kappa shape index (κ2) is 11.8. The van der Waals surface area contributed by atoms with Gasteiger partial charge in [-0.05, 0) is 63.2 Å². The third-order valence-electron chi connectivity index (χ3n) is 6.90. The summed E-state index contributed by atoms with van der Waals surface area (Å²) in [5, 5.41) is 0.451. The van der Waals surface area contributed by atoms with E-state index < -0.39 is 0 Å². The van der Waals surface area contributed by atoms with Gasteiger partial charge < -0.3 is 20.1 Å². The summed E-state index contributed by atoms with van der Waals surface area (Å²) in [4.78, 5) is 35.6. The molecule has 0 bridgehead atoms. The molecule has 208 valence electrons. The lowest BCUT2D eigenvalue weighted by molar-refractivity contribution is -0.135. The van der Waals surface area contributed by atoms with Crippen LogP contribution in [0.25, 0.3) is 16.6 Å². The van der Waals surface area contributed by atoms with Gasteiger partial charge in [0, 0.05) is 31.9 Å². The quantitative estimate of drug-likeness (QED) is 0.339. The summed E-state index contributed by atoms with van der Waals surface area (Å²) < 4.78 is 13.4. The molecule has 0 radical (unpaired) electrons. The Bertz CT molecular complexity index is 1560. The van der Waals surface area contributed by atoms with Crippen LogP contribution in [-0.2, 0) is 11.3 Å². The molecule has 1 aromatic heterocycles. The van der Waals surface area contributed by atoms with E-state index in [2.05, 4.69) is 4.90 Å². The standard InChI is InChI=1S/C31H35N5O4/c1-21(2)40-28-7-5-4-6-27(28)36-29(33-26-13-10-23(32)18-25(26)31(36)38)19-34-14-16-35(17-15-34)30(37)20-39-24-11-8-22(3)9-12-24/h4-13,18,21H,14-17,19-20,32H2,1-3H3. The number of aryl methyl sites for hydroxylation is 1. The normalized spacial score (nSPS) is 14.1. The van der Waals surface area contributed by atoms with Crippen LogP contribution < -0.4 is 20.8 Å². The maximum absolute atomic E-state index is 13.9. The van der Waals surface area contributed by atoms with Gasteiger partial charge in [-0.25, -0.2) is 4.98 Å². The van der Waals surface area contributed by atoms with Crippen LogP contribution in [0, 0.1) is 6.92 Å². The molecular weight excluding hydrogens is 506 g/mol. The van der Waals surface area contributed by atoms with Crippen molar-refractivity contribution in [2.75, 3.05) is 38.5 Å². The molecule has 1 fully saturated rings. The monoisotopic (exact) mass is 541 g/mol. The number of nitrogens with two attached hydrogens (primary N) is 1. The van der Waals surface area contributed by atoms with Gasteiger partial charge in [0.25, 0.3) is 11.5 Å². The van der Waals surface area contributed by atoms with Crippen molar-refractivity contribution in [2.24, 2.45) is 0 Å². The van der Waals surface area contributed by atoms with Gasteiger partial charge in [0.05, 0.1) is 29.2 Å². The summed E-state index contributed by atoms with van der Waals surface area (Å²) in [6.07, 6.45) is -0.0648. The number of nitrogens with zero attached hydrogens (tertiary/aromatic N) is 4. The third-order valence-corrected chi connectivity index (χ3v) is 6.90. The van der Waals surface area contributed by atoms with Crippen molar-refractivity contribution in [1.82, 2.24) is 19.4 Å². The molecule has 0 unspecified atom stereocenters. The third kappa shape index (κ3) is 6.10. The lowest BCUT2D eigenvalue weighted by atomic mass is 10.2. The number of hydrogen-bond acceptors (Lipinski definition) is 7. The minimum atomic E-state index is -0.200. The zero-order valence-corrected chi connectivity index (χ0v) is 23.2. The van der Waals surface area contributed by atoms with Crippen molar-refractivity contribution >= 4 is 22.5 Å². The number of para-hydroxylation sites is 2. The van der Waals surface area contributed by atoms with E-state index in [-0.39, 0.29) is 24.2 Å². The fourth-order valence-electron chi connectivity index (χ4n) is 4.83. The van der Waals surface area contributed by atoms with E-state index in [1.165, 1.54) is 0 Å². The number of carbonyl (C=O) groups is 1. The molecule has 3 aromatic carbocycles. The highest BCUT2D eigenvalue weighted by Crippen LogP contribution is 2.25. The van der Waals surface area contributed by atoms with Crippen molar-refractivity contribution in [3.63, 3.8) is 0 Å². The number of carbonyl (C=O) groups excluding carboxylic acids is 1.